The summed E-state index contributed by atoms with van der Waals surface area (Å²) in [4.78, 5) is 0.863. The number of thiophene rings is 1. The Kier molecular flexibility index (Phi) is 3.46. The van der Waals surface area contributed by atoms with Crippen molar-refractivity contribution in [3.8, 4) is 0 Å². The standard InChI is InChI=1S/C11H8BrClOS/c12-8-3-1-7(2-4-8)11(14)9-5-6-10(13)15-9/h1-6,11,14H. The summed E-state index contributed by atoms with van der Waals surface area (Å²) in [5.74, 6) is 0. The molecule has 15 heavy (non-hydrogen) atoms. The van der Waals surface area contributed by atoms with E-state index in [9.17, 15) is 5.11 Å². The zero-order chi connectivity index (χ0) is 10.8. The minimum absolute atomic E-state index is 0.587. The Morgan fingerprint density at radius 1 is 1.13 bits per heavy atom. The maximum Gasteiger partial charge on any atom is 0.113 e. The van der Waals surface area contributed by atoms with Gasteiger partial charge in [0.2, 0.25) is 0 Å². The normalized spacial score (nSPS) is 12.7. The van der Waals surface area contributed by atoms with E-state index < -0.39 is 6.10 Å². The zero-order valence-corrected chi connectivity index (χ0v) is 10.8. The highest BCUT2D eigenvalue weighted by molar-refractivity contribution is 9.10. The van der Waals surface area contributed by atoms with Crippen molar-refractivity contribution >= 4 is 38.9 Å². The molecule has 0 aliphatic rings. The van der Waals surface area contributed by atoms with E-state index in [0.717, 1.165) is 14.9 Å². The first kappa shape index (κ1) is 11.1. The fraction of sp³-hybridized carbons (Fsp3) is 0.0909. The van der Waals surface area contributed by atoms with Gasteiger partial charge in [-0.2, -0.15) is 0 Å². The van der Waals surface area contributed by atoms with Crippen LogP contribution in [0, 0.1) is 0 Å². The number of benzene rings is 1. The van der Waals surface area contributed by atoms with Gasteiger partial charge in [0, 0.05) is 9.35 Å². The summed E-state index contributed by atoms with van der Waals surface area (Å²) in [6.07, 6.45) is -0.587. The molecule has 2 aromatic rings. The molecule has 0 fully saturated rings. The van der Waals surface area contributed by atoms with Gasteiger partial charge in [-0.25, -0.2) is 0 Å². The van der Waals surface area contributed by atoms with Crippen molar-refractivity contribution in [2.24, 2.45) is 0 Å². The zero-order valence-electron chi connectivity index (χ0n) is 7.65. The van der Waals surface area contributed by atoms with Crippen LogP contribution in [0.2, 0.25) is 4.34 Å². The molecule has 1 aromatic carbocycles. The summed E-state index contributed by atoms with van der Waals surface area (Å²) in [7, 11) is 0. The Hall–Kier alpha value is -0.350. The minimum atomic E-state index is -0.587. The van der Waals surface area contributed by atoms with Crippen LogP contribution in [0.15, 0.2) is 40.9 Å². The smallest absolute Gasteiger partial charge is 0.113 e. The summed E-state index contributed by atoms with van der Waals surface area (Å²) in [5, 5.41) is 10.0. The molecule has 1 aromatic heterocycles. The molecule has 0 saturated carbocycles. The highest BCUT2D eigenvalue weighted by atomic mass is 79.9. The van der Waals surface area contributed by atoms with Gasteiger partial charge in [0.1, 0.15) is 6.10 Å². The van der Waals surface area contributed by atoms with E-state index in [4.69, 9.17) is 11.6 Å². The average Bonchev–Trinajstić information content (AvgIpc) is 2.65. The van der Waals surface area contributed by atoms with E-state index in [1.807, 2.05) is 30.3 Å². The number of hydrogen-bond donors (Lipinski definition) is 1. The van der Waals surface area contributed by atoms with Gasteiger partial charge >= 0.3 is 0 Å². The maximum atomic E-state index is 10.0. The molecular weight excluding hydrogens is 296 g/mol. The minimum Gasteiger partial charge on any atom is -0.383 e. The lowest BCUT2D eigenvalue weighted by atomic mass is 10.1. The van der Waals surface area contributed by atoms with Crippen LogP contribution in [0.5, 0.6) is 0 Å². The third-order valence-corrected chi connectivity index (χ3v) is 3.86. The van der Waals surface area contributed by atoms with Crippen molar-refractivity contribution in [3.05, 3.63) is 55.6 Å². The molecule has 1 heterocycles. The SMILES string of the molecule is OC(c1ccc(Br)cc1)c1ccc(Cl)s1. The Bertz CT molecular complexity index is 452. The van der Waals surface area contributed by atoms with Crippen molar-refractivity contribution in [1.82, 2.24) is 0 Å². The van der Waals surface area contributed by atoms with Gasteiger partial charge in [-0.1, -0.05) is 39.7 Å². The number of aliphatic hydroxyl groups is 1. The molecule has 0 aliphatic carbocycles. The van der Waals surface area contributed by atoms with E-state index in [-0.39, 0.29) is 0 Å². The summed E-state index contributed by atoms with van der Waals surface area (Å²) in [6, 6.07) is 11.2. The lowest BCUT2D eigenvalue weighted by Crippen LogP contribution is -1.95. The van der Waals surface area contributed by atoms with Crippen LogP contribution in [-0.4, -0.2) is 5.11 Å². The molecule has 1 unspecified atom stereocenters. The first-order chi connectivity index (χ1) is 7.16. The molecule has 0 radical (unpaired) electrons. The van der Waals surface area contributed by atoms with Crippen LogP contribution in [0.4, 0.5) is 0 Å². The second-order valence-electron chi connectivity index (χ2n) is 3.10. The Morgan fingerprint density at radius 3 is 2.33 bits per heavy atom. The Labute approximate surface area is 105 Å². The number of aliphatic hydroxyl groups excluding tert-OH is 1. The van der Waals surface area contributed by atoms with Crippen molar-refractivity contribution in [1.29, 1.82) is 0 Å². The monoisotopic (exact) mass is 302 g/mol. The molecule has 0 saturated heterocycles. The molecule has 0 bridgehead atoms. The third kappa shape index (κ3) is 2.61. The van der Waals surface area contributed by atoms with Crippen molar-refractivity contribution in [3.63, 3.8) is 0 Å². The topological polar surface area (TPSA) is 20.2 Å². The highest BCUT2D eigenvalue weighted by Gasteiger charge is 2.12. The van der Waals surface area contributed by atoms with Crippen LogP contribution in [0.3, 0.4) is 0 Å². The largest absolute Gasteiger partial charge is 0.383 e. The lowest BCUT2D eigenvalue weighted by Gasteiger charge is -2.08. The number of halogens is 2. The van der Waals surface area contributed by atoms with Crippen LogP contribution < -0.4 is 0 Å². The summed E-state index contributed by atoms with van der Waals surface area (Å²) in [5.41, 5.74) is 0.872. The van der Waals surface area contributed by atoms with E-state index >= 15 is 0 Å². The van der Waals surface area contributed by atoms with E-state index in [0.29, 0.717) is 4.34 Å². The Morgan fingerprint density at radius 2 is 1.80 bits per heavy atom. The fourth-order valence-electron chi connectivity index (χ4n) is 1.28. The summed E-state index contributed by atoms with van der Waals surface area (Å²) in [6.45, 7) is 0. The molecule has 2 rings (SSSR count). The average molecular weight is 304 g/mol. The lowest BCUT2D eigenvalue weighted by molar-refractivity contribution is 0.224. The molecule has 0 aliphatic heterocycles. The second-order valence-corrected chi connectivity index (χ2v) is 5.76. The fourth-order valence-corrected chi connectivity index (χ4v) is 2.62. The molecule has 78 valence electrons. The van der Waals surface area contributed by atoms with Gasteiger partial charge in [-0.15, -0.1) is 11.3 Å². The molecular formula is C11H8BrClOS. The molecule has 1 N–H and O–H groups in total. The van der Waals surface area contributed by atoms with Crippen LogP contribution in [0.25, 0.3) is 0 Å². The van der Waals surface area contributed by atoms with Crippen LogP contribution >= 0.6 is 38.9 Å². The first-order valence-electron chi connectivity index (χ1n) is 4.35. The van der Waals surface area contributed by atoms with Gasteiger partial charge in [0.15, 0.2) is 0 Å². The summed E-state index contributed by atoms with van der Waals surface area (Å²) >= 11 is 10.6. The van der Waals surface area contributed by atoms with Crippen molar-refractivity contribution < 1.29 is 5.11 Å². The van der Waals surface area contributed by atoms with Crippen molar-refractivity contribution in [2.75, 3.05) is 0 Å². The number of rotatable bonds is 2. The third-order valence-electron chi connectivity index (χ3n) is 2.05. The van der Waals surface area contributed by atoms with E-state index in [1.54, 1.807) is 6.07 Å². The first-order valence-corrected chi connectivity index (χ1v) is 6.34. The van der Waals surface area contributed by atoms with Gasteiger partial charge in [0.05, 0.1) is 4.34 Å². The Balaban J connectivity index is 2.28. The maximum absolute atomic E-state index is 10.0. The second kappa shape index (κ2) is 4.66. The number of hydrogen-bond acceptors (Lipinski definition) is 2. The van der Waals surface area contributed by atoms with E-state index in [1.165, 1.54) is 11.3 Å². The van der Waals surface area contributed by atoms with Crippen molar-refractivity contribution in [2.45, 2.75) is 6.10 Å². The van der Waals surface area contributed by atoms with Gasteiger partial charge in [-0.3, -0.25) is 0 Å². The molecule has 1 atom stereocenters. The molecule has 0 spiro atoms. The van der Waals surface area contributed by atoms with E-state index in [2.05, 4.69) is 15.9 Å². The quantitative estimate of drug-likeness (QED) is 0.879. The highest BCUT2D eigenvalue weighted by Crippen LogP contribution is 2.31. The van der Waals surface area contributed by atoms with Crippen LogP contribution in [0.1, 0.15) is 16.5 Å². The van der Waals surface area contributed by atoms with Gasteiger partial charge in [0.25, 0.3) is 0 Å². The summed E-state index contributed by atoms with van der Waals surface area (Å²) < 4.78 is 1.70. The predicted octanol–water partition coefficient (Wildman–Crippen LogP) is 4.25. The van der Waals surface area contributed by atoms with Gasteiger partial charge < -0.3 is 5.11 Å². The van der Waals surface area contributed by atoms with Gasteiger partial charge in [-0.05, 0) is 29.8 Å². The molecule has 0 amide bonds. The predicted molar refractivity (Wildman–Crippen MR) is 67.5 cm³/mol. The molecule has 4 heteroatoms. The van der Waals surface area contributed by atoms with Crippen LogP contribution in [-0.2, 0) is 0 Å². The molecule has 1 nitrogen and oxygen atoms in total.